The summed E-state index contributed by atoms with van der Waals surface area (Å²) < 4.78 is 0. The molecule has 2 rings (SSSR count). The van der Waals surface area contributed by atoms with Gasteiger partial charge in [-0.3, -0.25) is 0 Å². The Balaban J connectivity index is 0.000000550. The van der Waals surface area contributed by atoms with Gasteiger partial charge >= 0.3 is 0 Å². The van der Waals surface area contributed by atoms with Gasteiger partial charge in [-0.1, -0.05) is 38.5 Å². The number of hydrogen-bond donors (Lipinski definition) is 2. The second kappa shape index (κ2) is 6.83. The summed E-state index contributed by atoms with van der Waals surface area (Å²) in [6.45, 7) is 8.13. The molecule has 0 amide bonds. The molecule has 19 heavy (non-hydrogen) atoms. The minimum Gasteiger partial charge on any atom is -0.508 e. The van der Waals surface area contributed by atoms with Crippen molar-refractivity contribution in [2.75, 3.05) is 0 Å². The van der Waals surface area contributed by atoms with Crippen molar-refractivity contribution in [2.24, 2.45) is 0 Å². The normalized spacial score (nSPS) is 9.68. The van der Waals surface area contributed by atoms with Crippen LogP contribution in [-0.2, 0) is 0 Å². The van der Waals surface area contributed by atoms with Crippen LogP contribution < -0.4 is 0 Å². The van der Waals surface area contributed by atoms with Crippen molar-refractivity contribution in [3.05, 3.63) is 47.5 Å². The molecular formula is C17H22O2. The van der Waals surface area contributed by atoms with Crippen LogP contribution in [0.15, 0.2) is 36.4 Å². The zero-order chi connectivity index (χ0) is 14.4. The van der Waals surface area contributed by atoms with Gasteiger partial charge in [-0.05, 0) is 54.3 Å². The Morgan fingerprint density at radius 3 is 1.84 bits per heavy atom. The van der Waals surface area contributed by atoms with Crippen molar-refractivity contribution >= 4 is 0 Å². The Labute approximate surface area is 115 Å². The van der Waals surface area contributed by atoms with E-state index in [4.69, 9.17) is 0 Å². The van der Waals surface area contributed by atoms with E-state index in [-0.39, 0.29) is 5.75 Å². The van der Waals surface area contributed by atoms with Crippen molar-refractivity contribution in [2.45, 2.75) is 34.1 Å². The number of aromatic hydroxyl groups is 2. The molecule has 0 fully saturated rings. The minimum absolute atomic E-state index is 0.261. The maximum Gasteiger partial charge on any atom is 0.118 e. The highest BCUT2D eigenvalue weighted by Gasteiger charge is 2.07. The molecule has 2 aromatic rings. The molecule has 0 spiro atoms. The predicted octanol–water partition coefficient (Wildman–Crippen LogP) is 4.80. The Morgan fingerprint density at radius 2 is 1.32 bits per heavy atom. The van der Waals surface area contributed by atoms with Gasteiger partial charge in [0.05, 0.1) is 0 Å². The monoisotopic (exact) mass is 258 g/mol. The predicted molar refractivity (Wildman–Crippen MR) is 80.6 cm³/mol. The van der Waals surface area contributed by atoms with E-state index in [1.165, 1.54) is 6.42 Å². The van der Waals surface area contributed by atoms with Gasteiger partial charge in [0.15, 0.2) is 0 Å². The number of rotatable bonds is 1. The summed E-state index contributed by atoms with van der Waals surface area (Å²) in [4.78, 5) is 0. The molecule has 0 bridgehead atoms. The highest BCUT2D eigenvalue weighted by molar-refractivity contribution is 5.70. The van der Waals surface area contributed by atoms with E-state index in [0.717, 1.165) is 22.3 Å². The lowest BCUT2D eigenvalue weighted by Gasteiger charge is -2.10. The van der Waals surface area contributed by atoms with Gasteiger partial charge in [-0.2, -0.15) is 0 Å². The molecule has 0 saturated carbocycles. The topological polar surface area (TPSA) is 40.5 Å². The van der Waals surface area contributed by atoms with Crippen molar-refractivity contribution < 1.29 is 10.2 Å². The molecule has 0 aliphatic rings. The summed E-state index contributed by atoms with van der Waals surface area (Å²) >= 11 is 0. The maximum atomic E-state index is 9.58. The van der Waals surface area contributed by atoms with Crippen LogP contribution >= 0.6 is 0 Å². The summed E-state index contributed by atoms with van der Waals surface area (Å²) in [6.07, 6.45) is 1.25. The van der Waals surface area contributed by atoms with Crippen LogP contribution in [0.2, 0.25) is 0 Å². The van der Waals surface area contributed by atoms with E-state index in [9.17, 15) is 10.2 Å². The van der Waals surface area contributed by atoms with Crippen LogP contribution in [0.1, 0.15) is 31.4 Å². The molecule has 0 radical (unpaired) electrons. The lowest BCUT2D eigenvalue weighted by atomic mass is 9.96. The highest BCUT2D eigenvalue weighted by atomic mass is 16.3. The van der Waals surface area contributed by atoms with Crippen LogP contribution in [0, 0.1) is 13.8 Å². The van der Waals surface area contributed by atoms with Crippen LogP contribution in [0.5, 0.6) is 11.5 Å². The first-order valence-corrected chi connectivity index (χ1v) is 6.59. The molecule has 2 heteroatoms. The zero-order valence-corrected chi connectivity index (χ0v) is 12.1. The lowest BCUT2D eigenvalue weighted by molar-refractivity contribution is 0.470. The smallest absolute Gasteiger partial charge is 0.118 e. The summed E-state index contributed by atoms with van der Waals surface area (Å²) in [5.74, 6) is 0.580. The van der Waals surface area contributed by atoms with Gasteiger partial charge in [0.1, 0.15) is 11.5 Å². The third-order valence-electron chi connectivity index (χ3n) is 2.94. The van der Waals surface area contributed by atoms with Gasteiger partial charge < -0.3 is 10.2 Å². The van der Waals surface area contributed by atoms with Crippen LogP contribution in [-0.4, -0.2) is 10.2 Å². The van der Waals surface area contributed by atoms with Gasteiger partial charge in [-0.15, -0.1) is 0 Å². The Hall–Kier alpha value is -1.96. The van der Waals surface area contributed by atoms with Crippen LogP contribution in [0.25, 0.3) is 11.1 Å². The zero-order valence-electron chi connectivity index (χ0n) is 12.1. The maximum absolute atomic E-state index is 9.58. The summed E-state index contributed by atoms with van der Waals surface area (Å²) in [5.41, 5.74) is 4.07. The van der Waals surface area contributed by atoms with E-state index in [0.29, 0.717) is 5.75 Å². The molecule has 0 aliphatic carbocycles. The van der Waals surface area contributed by atoms with Crippen molar-refractivity contribution in [3.8, 4) is 22.6 Å². The SMILES string of the molecule is CCC.Cc1c(O)ccc(-c2ccc(O)cc2)c1C. The fraction of sp³-hybridized carbons (Fsp3) is 0.294. The molecule has 0 aliphatic heterocycles. The lowest BCUT2D eigenvalue weighted by Crippen LogP contribution is -1.87. The van der Waals surface area contributed by atoms with Gasteiger partial charge in [0.25, 0.3) is 0 Å². The first kappa shape index (κ1) is 15.1. The quantitative estimate of drug-likeness (QED) is 0.771. The second-order valence-electron chi connectivity index (χ2n) is 4.64. The number of phenols is 2. The largest absolute Gasteiger partial charge is 0.508 e. The summed E-state index contributed by atoms with van der Waals surface area (Å²) in [6, 6.07) is 10.7. The summed E-state index contributed by atoms with van der Waals surface area (Å²) in [5, 5.41) is 18.8. The minimum atomic E-state index is 0.261. The standard InChI is InChI=1S/C14H14O2.C3H8/c1-9-10(2)14(16)8-7-13(9)11-3-5-12(15)6-4-11;1-3-2/h3-8,15-16H,1-2H3;3H2,1-2H3. The van der Waals surface area contributed by atoms with Crippen LogP contribution in [0.4, 0.5) is 0 Å². The molecular weight excluding hydrogens is 236 g/mol. The first-order valence-electron chi connectivity index (χ1n) is 6.59. The Morgan fingerprint density at radius 1 is 0.789 bits per heavy atom. The van der Waals surface area contributed by atoms with E-state index in [1.54, 1.807) is 18.2 Å². The number of hydrogen-bond acceptors (Lipinski definition) is 2. The molecule has 0 unspecified atom stereocenters. The van der Waals surface area contributed by atoms with E-state index < -0.39 is 0 Å². The average molecular weight is 258 g/mol. The number of phenolic OH excluding ortho intramolecular Hbond substituents is 2. The van der Waals surface area contributed by atoms with Crippen molar-refractivity contribution in [1.82, 2.24) is 0 Å². The first-order chi connectivity index (χ1) is 9.01. The Bertz CT molecular complexity index is 528. The van der Waals surface area contributed by atoms with Gasteiger partial charge in [0, 0.05) is 0 Å². The summed E-state index contributed by atoms with van der Waals surface area (Å²) in [7, 11) is 0. The van der Waals surface area contributed by atoms with E-state index >= 15 is 0 Å². The van der Waals surface area contributed by atoms with Crippen molar-refractivity contribution in [3.63, 3.8) is 0 Å². The molecule has 0 saturated heterocycles. The van der Waals surface area contributed by atoms with E-state index in [2.05, 4.69) is 13.8 Å². The molecule has 102 valence electrons. The molecule has 2 nitrogen and oxygen atoms in total. The van der Waals surface area contributed by atoms with Gasteiger partial charge in [-0.25, -0.2) is 0 Å². The van der Waals surface area contributed by atoms with E-state index in [1.807, 2.05) is 32.0 Å². The third kappa shape index (κ3) is 3.75. The molecule has 2 N–H and O–H groups in total. The average Bonchev–Trinajstić information content (AvgIpc) is 2.39. The third-order valence-corrected chi connectivity index (χ3v) is 2.94. The Kier molecular flexibility index (Phi) is 5.43. The molecule has 0 atom stereocenters. The highest BCUT2D eigenvalue weighted by Crippen LogP contribution is 2.30. The van der Waals surface area contributed by atoms with Crippen molar-refractivity contribution in [1.29, 1.82) is 0 Å². The molecule has 0 aromatic heterocycles. The van der Waals surface area contributed by atoms with Gasteiger partial charge in [0.2, 0.25) is 0 Å². The van der Waals surface area contributed by atoms with Crippen LogP contribution in [0.3, 0.4) is 0 Å². The second-order valence-corrected chi connectivity index (χ2v) is 4.64. The molecule has 0 heterocycles. The number of benzene rings is 2. The fourth-order valence-corrected chi connectivity index (χ4v) is 1.76. The molecule has 2 aromatic carbocycles. The fourth-order valence-electron chi connectivity index (χ4n) is 1.76.